The van der Waals surface area contributed by atoms with E-state index in [4.69, 9.17) is 0 Å². The predicted octanol–water partition coefficient (Wildman–Crippen LogP) is 3.07. The van der Waals surface area contributed by atoms with Gasteiger partial charge in [0.1, 0.15) is 11.7 Å². The van der Waals surface area contributed by atoms with Gasteiger partial charge in [0, 0.05) is 35.9 Å². The van der Waals surface area contributed by atoms with E-state index in [1.165, 1.54) is 12.4 Å². The number of aromatic nitrogens is 4. The number of nitrogens with zero attached hydrogens (tertiary/aromatic N) is 4. The molecule has 3 aromatic heterocycles. The molecule has 0 aromatic carbocycles. The fourth-order valence-corrected chi connectivity index (χ4v) is 3.25. The van der Waals surface area contributed by atoms with Gasteiger partial charge in [-0.25, -0.2) is 15.0 Å². The number of aromatic amines is 1. The van der Waals surface area contributed by atoms with E-state index in [0.29, 0.717) is 24.1 Å². The SMILES string of the molecule is N#Cc1cnc(NCC2CCCN2)nc1-c1c[nH]c2ncc(C(F)(F)F)cc12. The third-order valence-electron chi connectivity index (χ3n) is 4.69. The second-order valence-electron chi connectivity index (χ2n) is 6.56. The zero-order valence-corrected chi connectivity index (χ0v) is 14.6. The van der Waals surface area contributed by atoms with Crippen LogP contribution in [0.2, 0.25) is 0 Å². The Hall–Kier alpha value is -3.19. The molecule has 3 N–H and O–H groups in total. The van der Waals surface area contributed by atoms with Crippen LogP contribution in [0.25, 0.3) is 22.3 Å². The van der Waals surface area contributed by atoms with Crippen molar-refractivity contribution in [3.63, 3.8) is 0 Å². The molecule has 1 aliphatic heterocycles. The van der Waals surface area contributed by atoms with Gasteiger partial charge in [0.05, 0.1) is 23.0 Å². The van der Waals surface area contributed by atoms with Gasteiger partial charge in [0.15, 0.2) is 0 Å². The van der Waals surface area contributed by atoms with Gasteiger partial charge in [0.25, 0.3) is 0 Å². The number of nitriles is 1. The van der Waals surface area contributed by atoms with Crippen LogP contribution in [-0.4, -0.2) is 39.1 Å². The summed E-state index contributed by atoms with van der Waals surface area (Å²) in [6, 6.07) is 3.32. The Morgan fingerprint density at radius 3 is 2.86 bits per heavy atom. The highest BCUT2D eigenvalue weighted by atomic mass is 19.4. The summed E-state index contributed by atoms with van der Waals surface area (Å²) in [5, 5.41) is 16.1. The van der Waals surface area contributed by atoms with E-state index in [1.54, 1.807) is 0 Å². The fraction of sp³-hybridized carbons (Fsp3) is 0.333. The van der Waals surface area contributed by atoms with Gasteiger partial charge in [-0.15, -0.1) is 0 Å². The number of pyridine rings is 1. The topological polar surface area (TPSA) is 102 Å². The van der Waals surface area contributed by atoms with Crippen molar-refractivity contribution in [2.75, 3.05) is 18.4 Å². The van der Waals surface area contributed by atoms with E-state index in [1.807, 2.05) is 6.07 Å². The molecular weight excluding hydrogens is 371 g/mol. The van der Waals surface area contributed by atoms with Crippen LogP contribution in [0.15, 0.2) is 24.7 Å². The first-order chi connectivity index (χ1) is 13.5. The minimum atomic E-state index is -4.51. The van der Waals surface area contributed by atoms with Gasteiger partial charge in [0.2, 0.25) is 5.95 Å². The molecule has 3 aromatic rings. The zero-order chi connectivity index (χ0) is 19.7. The molecule has 0 radical (unpaired) electrons. The van der Waals surface area contributed by atoms with Crippen LogP contribution in [0.1, 0.15) is 24.0 Å². The summed E-state index contributed by atoms with van der Waals surface area (Å²) in [5.74, 6) is 0.317. The van der Waals surface area contributed by atoms with Crippen LogP contribution in [-0.2, 0) is 6.18 Å². The summed E-state index contributed by atoms with van der Waals surface area (Å²) >= 11 is 0. The molecular formula is C18H16F3N7. The molecule has 7 nitrogen and oxygen atoms in total. The van der Waals surface area contributed by atoms with E-state index < -0.39 is 11.7 Å². The predicted molar refractivity (Wildman–Crippen MR) is 96.4 cm³/mol. The van der Waals surface area contributed by atoms with Crippen LogP contribution < -0.4 is 10.6 Å². The smallest absolute Gasteiger partial charge is 0.353 e. The standard InChI is InChI=1S/C18H16F3N7/c19-18(20,21)11-4-13-14(9-25-16(13)24-7-11)15-10(5-22)6-26-17(28-15)27-8-12-2-1-3-23-12/h4,6-7,9,12,23H,1-3,8H2,(H,24,25)(H,26,27,28). The number of H-pyrrole nitrogens is 1. The summed E-state index contributed by atoms with van der Waals surface area (Å²) in [6.07, 6.45) is 1.28. The van der Waals surface area contributed by atoms with E-state index >= 15 is 0 Å². The van der Waals surface area contributed by atoms with Crippen LogP contribution in [0.5, 0.6) is 0 Å². The van der Waals surface area contributed by atoms with Crippen LogP contribution in [0.4, 0.5) is 19.1 Å². The Morgan fingerprint density at radius 2 is 2.14 bits per heavy atom. The monoisotopic (exact) mass is 387 g/mol. The first-order valence-electron chi connectivity index (χ1n) is 8.75. The Balaban J connectivity index is 1.72. The van der Waals surface area contributed by atoms with Crippen molar-refractivity contribution in [3.05, 3.63) is 35.8 Å². The van der Waals surface area contributed by atoms with Gasteiger partial charge in [-0.05, 0) is 25.5 Å². The number of hydrogen-bond acceptors (Lipinski definition) is 6. The lowest BCUT2D eigenvalue weighted by Gasteiger charge is -2.12. The van der Waals surface area contributed by atoms with Crippen molar-refractivity contribution < 1.29 is 13.2 Å². The summed E-state index contributed by atoms with van der Waals surface area (Å²) in [6.45, 7) is 1.59. The summed E-state index contributed by atoms with van der Waals surface area (Å²) in [4.78, 5) is 15.2. The molecule has 1 saturated heterocycles. The van der Waals surface area contributed by atoms with E-state index in [-0.39, 0.29) is 22.3 Å². The average molecular weight is 387 g/mol. The highest BCUT2D eigenvalue weighted by Crippen LogP contribution is 2.34. The second kappa shape index (κ2) is 7.09. The summed E-state index contributed by atoms with van der Waals surface area (Å²) in [7, 11) is 0. The van der Waals surface area contributed by atoms with Crippen LogP contribution in [0, 0.1) is 11.3 Å². The van der Waals surface area contributed by atoms with E-state index in [0.717, 1.165) is 31.6 Å². The lowest BCUT2D eigenvalue weighted by molar-refractivity contribution is -0.137. The molecule has 0 saturated carbocycles. The van der Waals surface area contributed by atoms with Gasteiger partial charge in [-0.3, -0.25) is 0 Å². The molecule has 10 heteroatoms. The molecule has 1 fully saturated rings. The number of fused-ring (bicyclic) bond motifs is 1. The molecule has 144 valence electrons. The molecule has 0 bridgehead atoms. The normalized spacial score (nSPS) is 17.0. The molecule has 4 rings (SSSR count). The lowest BCUT2D eigenvalue weighted by atomic mass is 10.1. The number of nitrogens with one attached hydrogen (secondary N) is 3. The number of anilines is 1. The zero-order valence-electron chi connectivity index (χ0n) is 14.6. The Kier molecular flexibility index (Phi) is 4.60. The highest BCUT2D eigenvalue weighted by molar-refractivity contribution is 5.94. The maximum atomic E-state index is 13.1. The first-order valence-corrected chi connectivity index (χ1v) is 8.75. The maximum absolute atomic E-state index is 13.1. The third kappa shape index (κ3) is 3.48. The van der Waals surface area contributed by atoms with Crippen molar-refractivity contribution in [2.24, 2.45) is 0 Å². The molecule has 1 aliphatic rings. The van der Waals surface area contributed by atoms with Crippen molar-refractivity contribution >= 4 is 17.0 Å². The summed E-state index contributed by atoms with van der Waals surface area (Å²) in [5.41, 5.74) is 0.221. The van der Waals surface area contributed by atoms with Crippen molar-refractivity contribution in [1.82, 2.24) is 25.3 Å². The van der Waals surface area contributed by atoms with Crippen LogP contribution in [0.3, 0.4) is 0 Å². The molecule has 0 amide bonds. The largest absolute Gasteiger partial charge is 0.417 e. The number of hydrogen-bond donors (Lipinski definition) is 3. The average Bonchev–Trinajstić information content (AvgIpc) is 3.34. The minimum Gasteiger partial charge on any atom is -0.353 e. The second-order valence-corrected chi connectivity index (χ2v) is 6.56. The highest BCUT2D eigenvalue weighted by Gasteiger charge is 2.31. The Morgan fingerprint density at radius 1 is 1.29 bits per heavy atom. The number of halogens is 3. The van der Waals surface area contributed by atoms with E-state index in [2.05, 4.69) is 30.6 Å². The van der Waals surface area contributed by atoms with Gasteiger partial charge >= 0.3 is 6.18 Å². The van der Waals surface area contributed by atoms with Crippen molar-refractivity contribution in [2.45, 2.75) is 25.1 Å². The molecule has 0 spiro atoms. The Labute approximate surface area is 158 Å². The number of alkyl halides is 3. The minimum absolute atomic E-state index is 0.169. The Bertz CT molecular complexity index is 1050. The van der Waals surface area contributed by atoms with Crippen molar-refractivity contribution in [3.8, 4) is 17.3 Å². The van der Waals surface area contributed by atoms with Crippen LogP contribution >= 0.6 is 0 Å². The molecule has 1 unspecified atom stereocenters. The number of rotatable bonds is 4. The maximum Gasteiger partial charge on any atom is 0.417 e. The molecule has 28 heavy (non-hydrogen) atoms. The first kappa shape index (κ1) is 18.2. The molecule has 1 atom stereocenters. The third-order valence-corrected chi connectivity index (χ3v) is 4.69. The lowest BCUT2D eigenvalue weighted by Crippen LogP contribution is -2.29. The molecule has 4 heterocycles. The van der Waals surface area contributed by atoms with Crippen molar-refractivity contribution in [1.29, 1.82) is 5.26 Å². The fourth-order valence-electron chi connectivity index (χ4n) is 3.25. The van der Waals surface area contributed by atoms with E-state index in [9.17, 15) is 18.4 Å². The van der Waals surface area contributed by atoms with Gasteiger partial charge in [-0.1, -0.05) is 0 Å². The van der Waals surface area contributed by atoms with Gasteiger partial charge in [-0.2, -0.15) is 18.4 Å². The quantitative estimate of drug-likeness (QED) is 0.636. The molecule has 0 aliphatic carbocycles. The van der Waals surface area contributed by atoms with Gasteiger partial charge < -0.3 is 15.6 Å². The summed E-state index contributed by atoms with van der Waals surface area (Å²) < 4.78 is 39.2.